The number of fused-ring (bicyclic) bond motifs is 2. The lowest BCUT2D eigenvalue weighted by atomic mass is 9.98. The fourth-order valence-electron chi connectivity index (χ4n) is 4.04. The van der Waals surface area contributed by atoms with Crippen molar-refractivity contribution in [2.75, 3.05) is 12.0 Å². The number of hydrogen-bond acceptors (Lipinski definition) is 6. The van der Waals surface area contributed by atoms with Gasteiger partial charge in [0.05, 0.1) is 29.0 Å². The number of ether oxygens (including phenoxy) is 1. The minimum Gasteiger partial charge on any atom is -0.497 e. The summed E-state index contributed by atoms with van der Waals surface area (Å²) in [5, 5.41) is 11.5. The second-order valence-corrected chi connectivity index (χ2v) is 7.30. The molecule has 8 nitrogen and oxygen atoms in total. The lowest BCUT2D eigenvalue weighted by molar-refractivity contribution is -0.384. The number of para-hydroxylation sites is 1. The molecule has 0 radical (unpaired) electrons. The first-order valence-corrected chi connectivity index (χ1v) is 9.77. The Balaban J connectivity index is 1.78. The van der Waals surface area contributed by atoms with Crippen LogP contribution in [0.5, 0.6) is 5.75 Å². The predicted molar refractivity (Wildman–Crippen MR) is 117 cm³/mol. The Bertz CT molecular complexity index is 1440. The van der Waals surface area contributed by atoms with Gasteiger partial charge in [-0.15, -0.1) is 0 Å². The van der Waals surface area contributed by atoms with E-state index in [1.807, 2.05) is 0 Å². The summed E-state index contributed by atoms with van der Waals surface area (Å²) in [6.45, 7) is 0. The molecule has 5 rings (SSSR count). The van der Waals surface area contributed by atoms with Crippen LogP contribution in [0.15, 0.2) is 82.0 Å². The van der Waals surface area contributed by atoms with Crippen molar-refractivity contribution in [2.45, 2.75) is 6.04 Å². The van der Waals surface area contributed by atoms with E-state index < -0.39 is 16.9 Å². The lowest BCUT2D eigenvalue weighted by Gasteiger charge is -2.25. The monoisotopic (exact) mass is 428 g/mol. The molecule has 0 saturated heterocycles. The molecule has 1 unspecified atom stereocenters. The molecular weight excluding hydrogens is 412 g/mol. The van der Waals surface area contributed by atoms with E-state index in [4.69, 9.17) is 9.15 Å². The lowest BCUT2D eigenvalue weighted by Crippen LogP contribution is -2.29. The summed E-state index contributed by atoms with van der Waals surface area (Å²) in [6.07, 6.45) is 0. The number of carbonyl (C=O) groups excluding carboxylic acids is 1. The van der Waals surface area contributed by atoms with E-state index in [0.717, 1.165) is 0 Å². The number of hydrogen-bond donors (Lipinski definition) is 0. The highest BCUT2D eigenvalue weighted by Gasteiger charge is 2.43. The molecule has 0 aliphatic carbocycles. The molecule has 0 N–H and O–H groups in total. The van der Waals surface area contributed by atoms with Gasteiger partial charge in [0.1, 0.15) is 11.3 Å². The highest BCUT2D eigenvalue weighted by Crippen LogP contribution is 2.42. The number of anilines is 1. The molecule has 1 aliphatic rings. The van der Waals surface area contributed by atoms with Gasteiger partial charge in [-0.1, -0.05) is 18.2 Å². The summed E-state index contributed by atoms with van der Waals surface area (Å²) in [5.41, 5.74) is 1.17. The normalized spacial score (nSPS) is 15.1. The molecule has 8 heteroatoms. The first-order chi connectivity index (χ1) is 15.5. The molecule has 158 valence electrons. The zero-order valence-electron chi connectivity index (χ0n) is 16.8. The van der Waals surface area contributed by atoms with E-state index in [-0.39, 0.29) is 22.4 Å². The maximum absolute atomic E-state index is 13.5. The van der Waals surface area contributed by atoms with Gasteiger partial charge in [0.25, 0.3) is 11.6 Å². The van der Waals surface area contributed by atoms with Gasteiger partial charge in [-0.25, -0.2) is 0 Å². The van der Waals surface area contributed by atoms with Gasteiger partial charge in [0, 0.05) is 23.9 Å². The highest BCUT2D eigenvalue weighted by atomic mass is 16.6. The van der Waals surface area contributed by atoms with Crippen LogP contribution in [0.4, 0.5) is 11.4 Å². The average Bonchev–Trinajstić information content (AvgIpc) is 3.12. The van der Waals surface area contributed by atoms with Crippen molar-refractivity contribution >= 4 is 28.3 Å². The molecule has 1 aromatic heterocycles. The number of rotatable bonds is 4. The van der Waals surface area contributed by atoms with Crippen LogP contribution in [-0.2, 0) is 0 Å². The number of carbonyl (C=O) groups is 1. The smallest absolute Gasteiger partial charge is 0.295 e. The Morgan fingerprint density at radius 1 is 1.00 bits per heavy atom. The third-order valence-corrected chi connectivity index (χ3v) is 5.53. The summed E-state index contributed by atoms with van der Waals surface area (Å²) in [4.78, 5) is 39.0. The van der Waals surface area contributed by atoms with Crippen molar-refractivity contribution in [3.8, 4) is 5.75 Å². The Labute approximate surface area is 181 Å². The summed E-state index contributed by atoms with van der Waals surface area (Å²) in [7, 11) is 1.52. The molecule has 0 bridgehead atoms. The topological polar surface area (TPSA) is 103 Å². The van der Waals surface area contributed by atoms with Gasteiger partial charge >= 0.3 is 0 Å². The van der Waals surface area contributed by atoms with Gasteiger partial charge in [-0.05, 0) is 42.0 Å². The van der Waals surface area contributed by atoms with Crippen LogP contribution in [0.1, 0.15) is 27.7 Å². The van der Waals surface area contributed by atoms with Gasteiger partial charge in [-0.2, -0.15) is 0 Å². The van der Waals surface area contributed by atoms with Crippen molar-refractivity contribution in [1.29, 1.82) is 0 Å². The zero-order valence-corrected chi connectivity index (χ0v) is 16.8. The van der Waals surface area contributed by atoms with Crippen molar-refractivity contribution in [1.82, 2.24) is 0 Å². The van der Waals surface area contributed by atoms with E-state index in [2.05, 4.69) is 0 Å². The number of methoxy groups -OCH3 is 1. The molecule has 4 aromatic rings. The maximum Gasteiger partial charge on any atom is 0.295 e. The maximum atomic E-state index is 13.5. The molecule has 1 atom stereocenters. The van der Waals surface area contributed by atoms with Gasteiger partial charge < -0.3 is 9.15 Å². The number of non-ortho nitro benzene ring substituents is 1. The van der Waals surface area contributed by atoms with E-state index in [1.54, 1.807) is 60.7 Å². The fraction of sp³-hybridized carbons (Fsp3) is 0.0833. The molecule has 0 fully saturated rings. The van der Waals surface area contributed by atoms with Crippen molar-refractivity contribution < 1.29 is 18.9 Å². The number of nitro benzene ring substituents is 1. The van der Waals surface area contributed by atoms with E-state index >= 15 is 0 Å². The fourth-order valence-corrected chi connectivity index (χ4v) is 4.04. The standard InChI is InChI=1S/C24H16N2O6/c1-31-17-6-4-5-16(13-17)25-21(14-9-11-15(12-10-14)26(29)30)20-22(27)18-7-2-3-8-19(18)32-23(20)24(25)28/h2-13,21H,1H3. The third kappa shape index (κ3) is 2.92. The average molecular weight is 428 g/mol. The molecule has 0 saturated carbocycles. The molecular formula is C24H16N2O6. The van der Waals surface area contributed by atoms with Crippen molar-refractivity contribution in [2.24, 2.45) is 0 Å². The van der Waals surface area contributed by atoms with E-state index in [0.29, 0.717) is 28.0 Å². The largest absolute Gasteiger partial charge is 0.497 e. The molecule has 0 spiro atoms. The summed E-state index contributed by atoms with van der Waals surface area (Å²) in [5.74, 6) is 0.0254. The summed E-state index contributed by atoms with van der Waals surface area (Å²) >= 11 is 0. The summed E-state index contributed by atoms with van der Waals surface area (Å²) < 4.78 is 11.2. The van der Waals surface area contributed by atoms with Crippen LogP contribution in [-0.4, -0.2) is 17.9 Å². The predicted octanol–water partition coefficient (Wildman–Crippen LogP) is 4.46. The van der Waals surface area contributed by atoms with Crippen LogP contribution < -0.4 is 15.1 Å². The van der Waals surface area contributed by atoms with Crippen LogP contribution in [0, 0.1) is 10.1 Å². The molecule has 1 aliphatic heterocycles. The molecule has 2 heterocycles. The Kier molecular flexibility index (Phi) is 4.48. The molecule has 1 amide bonds. The molecule has 3 aromatic carbocycles. The van der Waals surface area contributed by atoms with Crippen LogP contribution in [0.3, 0.4) is 0 Å². The Morgan fingerprint density at radius 2 is 1.75 bits per heavy atom. The second-order valence-electron chi connectivity index (χ2n) is 7.30. The Morgan fingerprint density at radius 3 is 2.47 bits per heavy atom. The van der Waals surface area contributed by atoms with Gasteiger partial charge in [0.15, 0.2) is 5.43 Å². The number of amides is 1. The van der Waals surface area contributed by atoms with E-state index in [1.165, 1.54) is 24.1 Å². The first-order valence-electron chi connectivity index (χ1n) is 9.77. The van der Waals surface area contributed by atoms with Crippen molar-refractivity contribution in [3.05, 3.63) is 110 Å². The van der Waals surface area contributed by atoms with Gasteiger partial charge in [-0.3, -0.25) is 24.6 Å². The SMILES string of the molecule is COc1cccc(N2C(=O)c3oc4ccccc4c(=O)c3C2c2ccc([N+](=O)[O-])cc2)c1. The van der Waals surface area contributed by atoms with Gasteiger partial charge in [0.2, 0.25) is 5.76 Å². The summed E-state index contributed by atoms with van der Waals surface area (Å²) in [6, 6.07) is 18.6. The minimum absolute atomic E-state index is 0.0418. The van der Waals surface area contributed by atoms with Crippen LogP contribution in [0.25, 0.3) is 11.0 Å². The number of nitro groups is 1. The van der Waals surface area contributed by atoms with E-state index in [9.17, 15) is 19.7 Å². The third-order valence-electron chi connectivity index (χ3n) is 5.53. The second kappa shape index (κ2) is 7.35. The number of benzene rings is 3. The zero-order chi connectivity index (χ0) is 22.4. The van der Waals surface area contributed by atoms with Crippen LogP contribution in [0.2, 0.25) is 0 Å². The van der Waals surface area contributed by atoms with Crippen molar-refractivity contribution in [3.63, 3.8) is 0 Å². The highest BCUT2D eigenvalue weighted by molar-refractivity contribution is 6.10. The van der Waals surface area contributed by atoms with Crippen LogP contribution >= 0.6 is 0 Å². The Hall–Kier alpha value is -4.46. The molecule has 32 heavy (non-hydrogen) atoms. The quantitative estimate of drug-likeness (QED) is 0.351. The first kappa shape index (κ1) is 19.5. The minimum atomic E-state index is -0.814. The number of nitrogens with zero attached hydrogens (tertiary/aromatic N) is 2.